The number of non-ortho nitro benzene ring substituents is 1. The molecule has 0 saturated heterocycles. The average molecular weight is 1880 g/mol. The van der Waals surface area contributed by atoms with Crippen molar-refractivity contribution in [3.63, 3.8) is 0 Å². The van der Waals surface area contributed by atoms with Crippen molar-refractivity contribution in [1.29, 1.82) is 5.26 Å². The van der Waals surface area contributed by atoms with Crippen LogP contribution >= 0.6 is 35.3 Å². The maximum atomic E-state index is 12.4. The Hall–Kier alpha value is -10.5. The first kappa shape index (κ1) is 100. The standard InChI is InChI=1S/C60H59N17O22S9.C2H6O.CH4.2O3S/c1-34-25-47(72-75-55-36(3)40(33-61)56-63-41-13-4-5-14-50(41)76(56)57(55)78)51(99-17-7-21-103(81,82)83)30-43(34)69-74-49-29-45(64-59-65-58(62-37-11-6-12-39(27-37)107(93,94)95)66-60(67-59)102-20-10-24-106(90,91)92)46(32-53(49)101-19-9-23-105(87,88)89)71-73-48-26-35(2)44(31-52(48)100-18-8-22-104(84,85)86)70-68-42-16-15-38(77(79)80)28-54(42)108(96,97)98;1-3-2;;2*1-4(2)3/h4-6,11-16,25-32,78H,7-10,17-24H2,1-3H3,(H,81,82,83)(H,84,85,86)(H,87,88,89)(H,90,91,92)(H,93,94,95)(H,96,97,98)(H2,62,64,65,66,67);1-2H3;1H4;;. The number of benzene rings is 6. The normalized spacial score (nSPS) is 12.0. The van der Waals surface area contributed by atoms with Gasteiger partial charge in [-0.25, -0.2) is 4.98 Å². The molecule has 9 rings (SSSR count). The summed E-state index contributed by atoms with van der Waals surface area (Å²) in [7, 11) is -30.7. The second kappa shape index (κ2) is 44.7. The van der Waals surface area contributed by atoms with Crippen LogP contribution in [0.4, 0.5) is 74.5 Å². The Morgan fingerprint density at radius 2 is 1.02 bits per heavy atom. The number of hydrogen-bond acceptors (Lipinski definition) is 41. The highest BCUT2D eigenvalue weighted by Crippen LogP contribution is 2.46. The number of aromatic nitrogens is 5. The van der Waals surface area contributed by atoms with E-state index in [1.54, 1.807) is 45.4 Å². The number of pyridine rings is 1. The van der Waals surface area contributed by atoms with E-state index in [-0.39, 0.29) is 163 Å². The fourth-order valence-electron chi connectivity index (χ4n) is 9.61. The SMILES string of the molecule is C.COC.Cc1cc(N=Nc2c(C)c(C#N)c3nc4ccccc4n3c2O)c(OCCCS(=O)(=O)O)cc1N=Nc1cc(Nc2nc(Nc3cccc(S(=O)(=O)O)c3)nc(SCCCS(=O)(=O)O)n2)c(N=Nc2cc(C)c(N=Nc3ccc([N+](=O)[O-])cc3S(=O)(=O)O)cc2SCCCS(=O)(=O)O)cc1SCCCS(=O)(=O)O.O=S(=O)=O.O=S(=O)=O. The van der Waals surface area contributed by atoms with Gasteiger partial charge in [-0.1, -0.05) is 37.4 Å². The summed E-state index contributed by atoms with van der Waals surface area (Å²) < 4.78 is 264. The molecule has 0 aliphatic rings. The van der Waals surface area contributed by atoms with Crippen LogP contribution in [0.3, 0.4) is 0 Å². The zero-order chi connectivity index (χ0) is 88.5. The van der Waals surface area contributed by atoms with Crippen LogP contribution in [0.5, 0.6) is 11.6 Å². The number of rotatable bonds is 35. The lowest BCUT2D eigenvalue weighted by molar-refractivity contribution is -0.385. The molecule has 9 N–H and O–H groups in total. The number of thioether (sulfide) groups is 3. The summed E-state index contributed by atoms with van der Waals surface area (Å²) >= 11 is 2.83. The molecule has 646 valence electrons. The summed E-state index contributed by atoms with van der Waals surface area (Å²) in [6.45, 7) is 4.27. The van der Waals surface area contributed by atoms with E-state index < -0.39 is 137 Å². The number of methoxy groups -OCH3 is 1. The van der Waals surface area contributed by atoms with Gasteiger partial charge in [-0.05, 0) is 136 Å². The number of fused-ring (bicyclic) bond motifs is 3. The van der Waals surface area contributed by atoms with Crippen molar-refractivity contribution in [1.82, 2.24) is 24.3 Å². The highest BCUT2D eigenvalue weighted by Gasteiger charge is 2.25. The molecule has 0 radical (unpaired) electrons. The van der Waals surface area contributed by atoms with Gasteiger partial charge in [0.1, 0.15) is 45.0 Å². The van der Waals surface area contributed by atoms with Gasteiger partial charge in [-0.2, -0.15) is 80.9 Å². The molecule has 46 nitrogen and oxygen atoms in total. The van der Waals surface area contributed by atoms with Crippen molar-refractivity contribution in [3.05, 3.63) is 135 Å². The van der Waals surface area contributed by atoms with Crippen LogP contribution in [-0.2, 0) is 86.7 Å². The van der Waals surface area contributed by atoms with Crippen LogP contribution < -0.4 is 15.4 Å². The maximum absolute atomic E-state index is 12.4. The average Bonchev–Trinajstić information content (AvgIpc) is 1.58. The van der Waals surface area contributed by atoms with E-state index >= 15 is 0 Å². The zero-order valence-electron chi connectivity index (χ0n) is 61.6. The lowest BCUT2D eigenvalue weighted by Gasteiger charge is -2.14. The molecule has 0 unspecified atom stereocenters. The number of hydrogen-bond donors (Lipinski definition) is 9. The van der Waals surface area contributed by atoms with Gasteiger partial charge in [-0.3, -0.25) is 41.8 Å². The second-order valence-corrected chi connectivity index (χ2v) is 36.8. The second-order valence-electron chi connectivity index (χ2n) is 23.6. The molecule has 0 atom stereocenters. The lowest BCUT2D eigenvalue weighted by atomic mass is 10.1. The molecule has 0 fully saturated rings. The molecule has 0 spiro atoms. The Labute approximate surface area is 699 Å². The highest BCUT2D eigenvalue weighted by molar-refractivity contribution is 8.00. The van der Waals surface area contributed by atoms with Gasteiger partial charge >= 0.3 is 21.2 Å². The summed E-state index contributed by atoms with van der Waals surface area (Å²) in [5.41, 5.74) is 0.319. The van der Waals surface area contributed by atoms with Crippen molar-refractivity contribution in [3.8, 4) is 17.7 Å². The third-order valence-corrected chi connectivity index (χ3v) is 22.8. The topological polar surface area (TPSA) is 713 Å². The van der Waals surface area contributed by atoms with E-state index in [1.807, 2.05) is 0 Å². The van der Waals surface area contributed by atoms with Gasteiger partial charge in [0.2, 0.25) is 17.8 Å². The fourth-order valence-corrected chi connectivity index (χ4v) is 16.0. The summed E-state index contributed by atoms with van der Waals surface area (Å²) in [4.78, 5) is 27.4. The van der Waals surface area contributed by atoms with Crippen LogP contribution in [0.25, 0.3) is 16.7 Å². The Kier molecular flexibility index (Phi) is 37.2. The molecule has 0 bridgehead atoms. The van der Waals surface area contributed by atoms with Crippen molar-refractivity contribution in [2.24, 2.45) is 40.9 Å². The van der Waals surface area contributed by atoms with Gasteiger partial charge in [0.05, 0.1) is 73.2 Å². The van der Waals surface area contributed by atoms with E-state index in [9.17, 15) is 98.3 Å². The summed E-state index contributed by atoms with van der Waals surface area (Å²) in [5.74, 6) is -4.03. The lowest BCUT2D eigenvalue weighted by Crippen LogP contribution is -2.08. The molecule has 0 aliphatic heterocycles. The van der Waals surface area contributed by atoms with Gasteiger partial charge in [0, 0.05) is 59.2 Å². The summed E-state index contributed by atoms with van der Waals surface area (Å²) in [6, 6.07) is 24.5. The van der Waals surface area contributed by atoms with E-state index in [2.05, 4.69) is 82.3 Å². The smallest absolute Gasteiger partial charge is 0.425 e. The van der Waals surface area contributed by atoms with Crippen molar-refractivity contribution < 1.29 is 123 Å². The first-order chi connectivity index (χ1) is 55.6. The first-order valence-corrected chi connectivity index (χ1v) is 46.9. The predicted octanol–water partition coefficient (Wildman–Crippen LogP) is 12.4. The number of aryl methyl sites for hydroxylation is 2. The number of azo groups is 4. The molecule has 0 amide bonds. The minimum Gasteiger partial charge on any atom is -0.493 e. The van der Waals surface area contributed by atoms with Crippen LogP contribution in [0.1, 0.15) is 55.4 Å². The van der Waals surface area contributed by atoms with Crippen molar-refractivity contribution in [2.75, 3.05) is 71.7 Å². The third-order valence-electron chi connectivity index (χ3n) is 14.6. The molecular formula is C63H69N17O29S11. The van der Waals surface area contributed by atoms with Crippen molar-refractivity contribution in [2.45, 2.75) is 78.6 Å². The third kappa shape index (κ3) is 32.6. The Morgan fingerprint density at radius 3 is 1.55 bits per heavy atom. The molecule has 0 aliphatic carbocycles. The Morgan fingerprint density at radius 1 is 0.542 bits per heavy atom. The number of nitro groups is 1. The number of ether oxygens (including phenoxy) is 2. The van der Waals surface area contributed by atoms with Gasteiger partial charge in [0.25, 0.3) is 66.4 Å². The molecule has 6 aromatic carbocycles. The van der Waals surface area contributed by atoms with Crippen LogP contribution in [-0.4, -0.2) is 199 Å². The quantitative estimate of drug-likeness (QED) is 0.00445. The van der Waals surface area contributed by atoms with E-state index in [1.165, 1.54) is 66.8 Å². The van der Waals surface area contributed by atoms with E-state index in [0.717, 1.165) is 59.6 Å². The minimum atomic E-state index is -5.13. The van der Waals surface area contributed by atoms with Crippen LogP contribution in [0, 0.1) is 42.2 Å². The van der Waals surface area contributed by atoms with Gasteiger partial charge in [0.15, 0.2) is 16.5 Å². The molecule has 3 aromatic heterocycles. The van der Waals surface area contributed by atoms with Crippen molar-refractivity contribution >= 4 is 208 Å². The van der Waals surface area contributed by atoms with E-state index in [4.69, 9.17) is 30.0 Å². The largest absolute Gasteiger partial charge is 0.493 e. The number of nitrogens with zero attached hydrogens (tertiary/aromatic N) is 15. The van der Waals surface area contributed by atoms with Gasteiger partial charge in [-0.15, -0.1) is 79.5 Å². The van der Waals surface area contributed by atoms with Crippen LogP contribution in [0.15, 0.2) is 169 Å². The number of anilines is 4. The van der Waals surface area contributed by atoms with E-state index in [0.29, 0.717) is 22.7 Å². The first-order valence-electron chi connectivity index (χ1n) is 32.6. The molecule has 120 heavy (non-hydrogen) atoms. The predicted molar refractivity (Wildman–Crippen MR) is 436 cm³/mol. The number of nitrogens with one attached hydrogen (secondary N) is 2. The molecular weight excluding hydrogens is 1810 g/mol. The van der Waals surface area contributed by atoms with Crippen LogP contribution in [0.2, 0.25) is 0 Å². The summed E-state index contributed by atoms with van der Waals surface area (Å²) in [6.07, 6.45) is -0.665. The maximum Gasteiger partial charge on any atom is 0.425 e. The fraction of sp³-hybridized carbons (Fsp3) is 0.286. The number of imidazole rings is 1. The monoisotopic (exact) mass is 1880 g/mol. The number of aromatic hydroxyl groups is 1. The number of nitriles is 1. The van der Waals surface area contributed by atoms with Gasteiger partial charge < -0.3 is 25.2 Å². The molecule has 0 saturated carbocycles. The Bertz CT molecular complexity index is 6450. The molecule has 57 heteroatoms. The molecule has 3 heterocycles. The summed E-state index contributed by atoms with van der Waals surface area (Å²) in [5, 5.41) is 74.6. The highest BCUT2D eigenvalue weighted by atomic mass is 32.2. The number of nitro benzene ring substituents is 1. The number of para-hydroxylation sites is 2. The minimum absolute atomic E-state index is 0. The molecule has 9 aromatic rings. The Balaban J connectivity index is 0.00000201. The zero-order valence-corrected chi connectivity index (χ0v) is 70.6.